The van der Waals surface area contributed by atoms with Crippen LogP contribution >= 0.6 is 11.6 Å². The van der Waals surface area contributed by atoms with Gasteiger partial charge < -0.3 is 10.2 Å². The van der Waals surface area contributed by atoms with E-state index in [1.807, 2.05) is 13.8 Å². The van der Waals surface area contributed by atoms with E-state index in [9.17, 15) is 14.4 Å². The van der Waals surface area contributed by atoms with Crippen LogP contribution in [0.3, 0.4) is 0 Å². The summed E-state index contributed by atoms with van der Waals surface area (Å²) >= 11 is 6.84. The summed E-state index contributed by atoms with van der Waals surface area (Å²) in [6, 6.07) is -0.271. The summed E-state index contributed by atoms with van der Waals surface area (Å²) in [6.45, 7) is 16.6. The van der Waals surface area contributed by atoms with Gasteiger partial charge in [-0.3, -0.25) is 19.3 Å². The monoisotopic (exact) mass is 515 g/mol. The molecular formula is C29H42ClN3O3. The normalized spacial score (nSPS) is 17.5. The molecule has 1 aromatic carbocycles. The number of amides is 3. The second-order valence-electron chi connectivity index (χ2n) is 10.5. The van der Waals surface area contributed by atoms with Gasteiger partial charge in [0.15, 0.2) is 0 Å². The van der Waals surface area contributed by atoms with Crippen LogP contribution in [0.4, 0.5) is 5.69 Å². The van der Waals surface area contributed by atoms with E-state index >= 15 is 0 Å². The number of hydrogen-bond donors (Lipinski definition) is 1. The predicted octanol–water partition coefficient (Wildman–Crippen LogP) is 7.51. The molecule has 0 radical (unpaired) electrons. The molecule has 0 unspecified atom stereocenters. The number of benzene rings is 1. The third kappa shape index (κ3) is 4.93. The lowest BCUT2D eigenvalue weighted by atomic mass is 9.95. The number of imide groups is 1. The summed E-state index contributed by atoms with van der Waals surface area (Å²) in [4.78, 5) is 44.2. The molecule has 2 aliphatic heterocycles. The maximum Gasteiger partial charge on any atom is 0.263 e. The maximum atomic E-state index is 13.8. The van der Waals surface area contributed by atoms with E-state index in [1.54, 1.807) is 4.90 Å². The first-order chi connectivity index (χ1) is 17.1. The van der Waals surface area contributed by atoms with Crippen LogP contribution in [0.5, 0.6) is 0 Å². The molecule has 3 atom stereocenters. The predicted molar refractivity (Wildman–Crippen MR) is 148 cm³/mol. The molecule has 0 bridgehead atoms. The van der Waals surface area contributed by atoms with Crippen LogP contribution in [0.25, 0.3) is 5.70 Å². The molecule has 0 saturated heterocycles. The van der Waals surface area contributed by atoms with Gasteiger partial charge in [0.2, 0.25) is 0 Å². The molecule has 6 nitrogen and oxygen atoms in total. The summed E-state index contributed by atoms with van der Waals surface area (Å²) in [7, 11) is 0. The number of nitrogens with one attached hydrogen (secondary N) is 1. The lowest BCUT2D eigenvalue weighted by molar-refractivity contribution is 0.0588. The summed E-state index contributed by atoms with van der Waals surface area (Å²) in [5.41, 5.74) is 2.37. The third-order valence-electron chi connectivity index (χ3n) is 7.53. The molecule has 0 aromatic heterocycles. The number of unbranched alkanes of at least 4 members (excludes halogenated alkanes) is 3. The van der Waals surface area contributed by atoms with E-state index < -0.39 is 5.91 Å². The number of hydrogen-bond acceptors (Lipinski definition) is 4. The standard InChI is InChI=1S/C29H42ClN3O3/c1-8-11-14-17(4)31-26-21-20(7)32(18(5)15-12-9-2)27(34)22(21)25(30)23-24(26)29(36)33(28(23)35)19(6)16-13-10-3/h17-19,31H,7-16H2,1-6H3/t17-,18-,19-/m1/s1. The second kappa shape index (κ2) is 11.8. The molecule has 7 heteroatoms. The summed E-state index contributed by atoms with van der Waals surface area (Å²) in [5.74, 6) is -0.994. The zero-order valence-electron chi connectivity index (χ0n) is 22.8. The molecule has 36 heavy (non-hydrogen) atoms. The second-order valence-corrected chi connectivity index (χ2v) is 10.8. The van der Waals surface area contributed by atoms with Gasteiger partial charge in [0.1, 0.15) is 0 Å². The topological polar surface area (TPSA) is 69.7 Å². The molecule has 0 saturated carbocycles. The number of nitrogens with zero attached hydrogens (tertiary/aromatic N) is 2. The van der Waals surface area contributed by atoms with Crippen LogP contribution in [0.15, 0.2) is 6.58 Å². The van der Waals surface area contributed by atoms with Gasteiger partial charge in [0, 0.05) is 29.4 Å². The first-order valence-electron chi connectivity index (χ1n) is 13.7. The van der Waals surface area contributed by atoms with Gasteiger partial charge in [0.05, 0.1) is 27.4 Å². The Morgan fingerprint density at radius 3 is 1.72 bits per heavy atom. The van der Waals surface area contributed by atoms with Crippen LogP contribution in [-0.4, -0.2) is 45.6 Å². The molecule has 3 amide bonds. The van der Waals surface area contributed by atoms with E-state index in [2.05, 4.69) is 39.6 Å². The summed E-state index contributed by atoms with van der Waals surface area (Å²) in [6.07, 6.45) is 8.44. The van der Waals surface area contributed by atoms with E-state index in [0.29, 0.717) is 16.9 Å². The fourth-order valence-electron chi connectivity index (χ4n) is 5.42. The van der Waals surface area contributed by atoms with Crippen molar-refractivity contribution in [3.8, 4) is 0 Å². The van der Waals surface area contributed by atoms with Gasteiger partial charge in [-0.2, -0.15) is 0 Å². The van der Waals surface area contributed by atoms with Crippen molar-refractivity contribution >= 4 is 40.7 Å². The average Bonchev–Trinajstić information content (AvgIpc) is 3.26. The number of halogens is 1. The Hall–Kier alpha value is -2.34. The fourth-order valence-corrected chi connectivity index (χ4v) is 5.77. The van der Waals surface area contributed by atoms with Crippen LogP contribution in [0, 0.1) is 0 Å². The smallest absolute Gasteiger partial charge is 0.263 e. The zero-order valence-corrected chi connectivity index (χ0v) is 23.6. The van der Waals surface area contributed by atoms with Gasteiger partial charge in [-0.1, -0.05) is 77.5 Å². The van der Waals surface area contributed by atoms with Gasteiger partial charge in [-0.25, -0.2) is 0 Å². The number of rotatable bonds is 13. The molecule has 1 aromatic rings. The molecule has 1 N–H and O–H groups in total. The highest BCUT2D eigenvalue weighted by molar-refractivity contribution is 6.42. The van der Waals surface area contributed by atoms with E-state index in [4.69, 9.17) is 11.6 Å². The molecule has 3 rings (SSSR count). The van der Waals surface area contributed by atoms with Crippen molar-refractivity contribution in [2.45, 2.75) is 117 Å². The molecule has 2 aliphatic rings. The van der Waals surface area contributed by atoms with Crippen molar-refractivity contribution in [1.29, 1.82) is 0 Å². The van der Waals surface area contributed by atoms with Crippen LogP contribution in [-0.2, 0) is 0 Å². The SMILES string of the molecule is C=C1c2c(N[C@H](C)CCCC)c3c(c(Cl)c2C(=O)N1[C@H](C)CCCC)C(=O)N([C@H](C)CCCC)C3=O. The highest BCUT2D eigenvalue weighted by Gasteiger charge is 2.48. The lowest BCUT2D eigenvalue weighted by Gasteiger charge is -2.26. The molecular weight excluding hydrogens is 474 g/mol. The molecule has 2 heterocycles. The molecule has 0 spiro atoms. The van der Waals surface area contributed by atoms with Gasteiger partial charge >= 0.3 is 0 Å². The molecule has 0 fully saturated rings. The lowest BCUT2D eigenvalue weighted by Crippen LogP contribution is -2.38. The minimum Gasteiger partial charge on any atom is -0.381 e. The summed E-state index contributed by atoms with van der Waals surface area (Å²) < 4.78 is 0. The number of fused-ring (bicyclic) bond motifs is 2. The fraction of sp³-hybridized carbons (Fsp3) is 0.621. The maximum absolute atomic E-state index is 13.8. The summed E-state index contributed by atoms with van der Waals surface area (Å²) in [5, 5.41) is 3.59. The minimum atomic E-state index is -0.411. The Kier molecular flexibility index (Phi) is 9.26. The highest BCUT2D eigenvalue weighted by Crippen LogP contribution is 2.49. The number of anilines is 1. The quantitative estimate of drug-likeness (QED) is 0.276. The molecule has 198 valence electrons. The van der Waals surface area contributed by atoms with Gasteiger partial charge in [-0.05, 0) is 40.0 Å². The third-order valence-corrected chi connectivity index (χ3v) is 7.91. The van der Waals surface area contributed by atoms with Crippen LogP contribution in [0.1, 0.15) is 136 Å². The Labute approximate surface area is 221 Å². The average molecular weight is 516 g/mol. The zero-order chi connectivity index (χ0) is 26.7. The van der Waals surface area contributed by atoms with E-state index in [-0.39, 0.29) is 51.7 Å². The molecule has 0 aliphatic carbocycles. The van der Waals surface area contributed by atoms with Crippen molar-refractivity contribution in [2.24, 2.45) is 0 Å². The largest absolute Gasteiger partial charge is 0.381 e. The van der Waals surface area contributed by atoms with Gasteiger partial charge in [0.25, 0.3) is 17.7 Å². The van der Waals surface area contributed by atoms with Crippen molar-refractivity contribution in [1.82, 2.24) is 9.80 Å². The van der Waals surface area contributed by atoms with Crippen molar-refractivity contribution < 1.29 is 14.4 Å². The number of carbonyl (C=O) groups excluding carboxylic acids is 3. The minimum absolute atomic E-state index is 0.0447. The first kappa shape index (κ1) is 28.2. The Morgan fingerprint density at radius 1 is 0.722 bits per heavy atom. The van der Waals surface area contributed by atoms with Gasteiger partial charge in [-0.15, -0.1) is 0 Å². The van der Waals surface area contributed by atoms with Crippen molar-refractivity contribution in [3.63, 3.8) is 0 Å². The number of carbonyl (C=O) groups is 3. The van der Waals surface area contributed by atoms with Crippen molar-refractivity contribution in [2.75, 3.05) is 5.32 Å². The Morgan fingerprint density at radius 2 is 1.17 bits per heavy atom. The van der Waals surface area contributed by atoms with Crippen LogP contribution < -0.4 is 5.32 Å². The van der Waals surface area contributed by atoms with Crippen LogP contribution in [0.2, 0.25) is 5.02 Å². The Balaban J connectivity index is 2.17. The Bertz CT molecular complexity index is 980. The van der Waals surface area contributed by atoms with E-state index in [0.717, 1.165) is 57.8 Å². The first-order valence-corrected chi connectivity index (χ1v) is 14.1. The van der Waals surface area contributed by atoms with Crippen molar-refractivity contribution in [3.05, 3.63) is 33.9 Å². The highest BCUT2D eigenvalue weighted by atomic mass is 35.5. The van der Waals surface area contributed by atoms with E-state index in [1.165, 1.54) is 4.90 Å².